The van der Waals surface area contributed by atoms with Gasteiger partial charge in [-0.05, 0) is 47.0 Å². The minimum atomic E-state index is -1.07. The zero-order valence-electron chi connectivity index (χ0n) is 11.2. The molecule has 20 heavy (non-hydrogen) atoms. The molecule has 0 bridgehead atoms. The summed E-state index contributed by atoms with van der Waals surface area (Å²) in [6.07, 6.45) is 5.43. The Hall–Kier alpha value is -0.880. The average Bonchev–Trinajstić information content (AvgIpc) is 2.43. The second kappa shape index (κ2) is 7.22. The molecule has 1 atom stereocenters. The van der Waals surface area contributed by atoms with E-state index in [-0.39, 0.29) is 16.9 Å². The maximum atomic E-state index is 12.2. The van der Waals surface area contributed by atoms with Crippen LogP contribution in [0.2, 0.25) is 0 Å². The Morgan fingerprint density at radius 2 is 2.05 bits per heavy atom. The van der Waals surface area contributed by atoms with E-state index in [9.17, 15) is 9.00 Å². The van der Waals surface area contributed by atoms with Gasteiger partial charge in [0.15, 0.2) is 0 Å². The minimum absolute atomic E-state index is 0.0709. The second-order valence-corrected chi connectivity index (χ2v) is 7.64. The van der Waals surface area contributed by atoms with E-state index in [1.165, 1.54) is 6.42 Å². The quantitative estimate of drug-likeness (QED) is 0.812. The van der Waals surface area contributed by atoms with Crippen molar-refractivity contribution < 1.29 is 9.00 Å². The van der Waals surface area contributed by atoms with Crippen LogP contribution in [0.1, 0.15) is 32.1 Å². The molecule has 0 spiro atoms. The number of carbonyl (C=O) groups is 1. The Balaban J connectivity index is 1.90. The van der Waals surface area contributed by atoms with Crippen LogP contribution >= 0.6 is 15.9 Å². The lowest BCUT2D eigenvalue weighted by molar-refractivity contribution is -0.113. The monoisotopic (exact) mass is 358 g/mol. The van der Waals surface area contributed by atoms with Crippen LogP contribution in [0.15, 0.2) is 22.7 Å². The van der Waals surface area contributed by atoms with Gasteiger partial charge in [0.25, 0.3) is 0 Å². The number of benzene rings is 1. The molecule has 1 aromatic rings. The molecule has 6 heteroatoms. The van der Waals surface area contributed by atoms with Gasteiger partial charge in [0, 0.05) is 26.2 Å². The SMILES string of the molecule is Nc1ccc(NC(=O)CS(=O)C2CCCCC2)c(Br)c1. The first-order valence-electron chi connectivity index (χ1n) is 6.78. The number of nitrogen functional groups attached to an aromatic ring is 1. The van der Waals surface area contributed by atoms with Crippen LogP contribution < -0.4 is 11.1 Å². The van der Waals surface area contributed by atoms with Crippen LogP contribution in [0.5, 0.6) is 0 Å². The van der Waals surface area contributed by atoms with Gasteiger partial charge < -0.3 is 11.1 Å². The largest absolute Gasteiger partial charge is 0.399 e. The molecule has 3 N–H and O–H groups in total. The first-order valence-corrected chi connectivity index (χ1v) is 8.96. The summed E-state index contributed by atoms with van der Waals surface area (Å²) in [4.78, 5) is 11.9. The van der Waals surface area contributed by atoms with E-state index >= 15 is 0 Å². The molecule has 1 unspecified atom stereocenters. The minimum Gasteiger partial charge on any atom is -0.399 e. The van der Waals surface area contributed by atoms with Gasteiger partial charge in [-0.15, -0.1) is 0 Å². The lowest BCUT2D eigenvalue weighted by atomic mass is 10.0. The van der Waals surface area contributed by atoms with E-state index < -0.39 is 10.8 Å². The number of halogens is 1. The van der Waals surface area contributed by atoms with Crippen LogP contribution in [0.25, 0.3) is 0 Å². The molecule has 4 nitrogen and oxygen atoms in total. The zero-order valence-corrected chi connectivity index (χ0v) is 13.6. The van der Waals surface area contributed by atoms with Crippen LogP contribution in [0.3, 0.4) is 0 Å². The first kappa shape index (κ1) is 15.5. The van der Waals surface area contributed by atoms with Crippen molar-refractivity contribution in [3.05, 3.63) is 22.7 Å². The maximum Gasteiger partial charge on any atom is 0.237 e. The number of nitrogens with one attached hydrogen (secondary N) is 1. The summed E-state index contributed by atoms with van der Waals surface area (Å²) in [5.74, 6) is -0.138. The summed E-state index contributed by atoms with van der Waals surface area (Å²) in [5.41, 5.74) is 6.93. The molecule has 1 aromatic carbocycles. The van der Waals surface area contributed by atoms with Crippen LogP contribution in [-0.2, 0) is 15.6 Å². The molecule has 2 rings (SSSR count). The van der Waals surface area contributed by atoms with Gasteiger partial charge in [-0.3, -0.25) is 9.00 Å². The highest BCUT2D eigenvalue weighted by molar-refractivity contribution is 9.10. The van der Waals surface area contributed by atoms with Gasteiger partial charge in [-0.1, -0.05) is 19.3 Å². The molecule has 0 aliphatic heterocycles. The normalized spacial score (nSPS) is 17.6. The predicted molar refractivity (Wildman–Crippen MR) is 87.1 cm³/mol. The summed E-state index contributed by atoms with van der Waals surface area (Å²) in [7, 11) is -1.07. The van der Waals surface area contributed by atoms with Crippen LogP contribution in [-0.4, -0.2) is 21.1 Å². The summed E-state index contributed by atoms with van der Waals surface area (Å²) < 4.78 is 12.9. The number of carbonyl (C=O) groups excluding carboxylic acids is 1. The molecular formula is C14H19BrN2O2S. The second-order valence-electron chi connectivity index (χ2n) is 5.07. The van der Waals surface area contributed by atoms with Gasteiger partial charge in [0.05, 0.1) is 5.69 Å². The number of rotatable bonds is 4. The van der Waals surface area contributed by atoms with E-state index in [0.717, 1.165) is 30.2 Å². The van der Waals surface area contributed by atoms with Crippen LogP contribution in [0.4, 0.5) is 11.4 Å². The van der Waals surface area contributed by atoms with Crippen molar-refractivity contribution in [3.63, 3.8) is 0 Å². The third kappa shape index (κ3) is 4.31. The van der Waals surface area contributed by atoms with Crippen molar-refractivity contribution in [3.8, 4) is 0 Å². The highest BCUT2D eigenvalue weighted by atomic mass is 79.9. The van der Waals surface area contributed by atoms with Crippen molar-refractivity contribution in [1.29, 1.82) is 0 Å². The predicted octanol–water partition coefficient (Wildman–Crippen LogP) is 3.05. The summed E-state index contributed by atoms with van der Waals surface area (Å²) in [5, 5.41) is 2.96. The van der Waals surface area contributed by atoms with E-state index in [2.05, 4.69) is 21.2 Å². The van der Waals surface area contributed by atoms with Gasteiger partial charge in [-0.25, -0.2) is 0 Å². The third-order valence-corrected chi connectivity index (χ3v) is 5.88. The Morgan fingerprint density at radius 3 is 2.70 bits per heavy atom. The van der Waals surface area contributed by atoms with E-state index in [0.29, 0.717) is 11.4 Å². The Bertz CT molecular complexity index is 516. The van der Waals surface area contributed by atoms with Crippen LogP contribution in [0, 0.1) is 0 Å². The standard InChI is InChI=1S/C14H19BrN2O2S/c15-12-8-10(16)6-7-13(12)17-14(18)9-20(19)11-4-2-1-3-5-11/h6-8,11H,1-5,9,16H2,(H,17,18). The Kier molecular flexibility index (Phi) is 5.60. The molecule has 0 aromatic heterocycles. The molecule has 1 amide bonds. The highest BCUT2D eigenvalue weighted by Crippen LogP contribution is 2.25. The molecule has 1 fully saturated rings. The molecule has 110 valence electrons. The van der Waals surface area contributed by atoms with Crippen molar-refractivity contribution in [2.45, 2.75) is 37.4 Å². The first-order chi connectivity index (χ1) is 9.56. The lowest BCUT2D eigenvalue weighted by Gasteiger charge is -2.20. The Morgan fingerprint density at radius 1 is 1.35 bits per heavy atom. The summed E-state index contributed by atoms with van der Waals surface area (Å²) >= 11 is 3.35. The van der Waals surface area contributed by atoms with Gasteiger partial charge >= 0.3 is 0 Å². The smallest absolute Gasteiger partial charge is 0.237 e. The molecule has 0 heterocycles. The molecule has 0 radical (unpaired) electrons. The van der Waals surface area contributed by atoms with Crippen molar-refractivity contribution >= 4 is 44.0 Å². The fourth-order valence-corrected chi connectivity index (χ4v) is 4.32. The third-order valence-electron chi connectivity index (χ3n) is 3.46. The Labute approximate surface area is 130 Å². The lowest BCUT2D eigenvalue weighted by Crippen LogP contribution is -2.27. The average molecular weight is 359 g/mol. The topological polar surface area (TPSA) is 72.2 Å². The number of hydrogen-bond donors (Lipinski definition) is 2. The molecular weight excluding hydrogens is 340 g/mol. The summed E-state index contributed by atoms with van der Waals surface area (Å²) in [6.45, 7) is 0. The van der Waals surface area contributed by atoms with Gasteiger partial charge in [0.2, 0.25) is 5.91 Å². The van der Waals surface area contributed by atoms with Crippen molar-refractivity contribution in [2.75, 3.05) is 16.8 Å². The fraction of sp³-hybridized carbons (Fsp3) is 0.500. The fourth-order valence-electron chi connectivity index (χ4n) is 2.39. The number of anilines is 2. The van der Waals surface area contributed by atoms with Gasteiger partial charge in [-0.2, -0.15) is 0 Å². The number of amides is 1. The molecule has 1 saturated carbocycles. The molecule has 0 saturated heterocycles. The maximum absolute atomic E-state index is 12.2. The van der Waals surface area contributed by atoms with Crippen molar-refractivity contribution in [1.82, 2.24) is 0 Å². The molecule has 1 aliphatic rings. The van der Waals surface area contributed by atoms with Crippen molar-refractivity contribution in [2.24, 2.45) is 0 Å². The summed E-state index contributed by atoms with van der Waals surface area (Å²) in [6, 6.07) is 5.19. The zero-order chi connectivity index (χ0) is 14.5. The number of nitrogens with two attached hydrogens (primary N) is 1. The van der Waals surface area contributed by atoms with E-state index in [4.69, 9.17) is 5.73 Å². The highest BCUT2D eigenvalue weighted by Gasteiger charge is 2.21. The number of hydrogen-bond acceptors (Lipinski definition) is 3. The van der Waals surface area contributed by atoms with E-state index in [1.807, 2.05) is 0 Å². The molecule has 1 aliphatic carbocycles. The van der Waals surface area contributed by atoms with E-state index in [1.54, 1.807) is 18.2 Å². The van der Waals surface area contributed by atoms with Gasteiger partial charge in [0.1, 0.15) is 5.75 Å².